The molecule has 4 heterocycles. The van der Waals surface area contributed by atoms with Gasteiger partial charge in [-0.05, 0) is 78.9 Å². The summed E-state index contributed by atoms with van der Waals surface area (Å²) in [5.41, 5.74) is 4.06. The van der Waals surface area contributed by atoms with Crippen molar-refractivity contribution in [3.05, 3.63) is 163 Å². The molecule has 0 aliphatic carbocycles. The smallest absolute Gasteiger partial charge is 0.256 e. The summed E-state index contributed by atoms with van der Waals surface area (Å²) in [7, 11) is -10.3. The van der Waals surface area contributed by atoms with Gasteiger partial charge in [0.2, 0.25) is 29.5 Å². The van der Waals surface area contributed by atoms with Crippen LogP contribution in [0.15, 0.2) is 181 Å². The SMILES string of the molecule is CN1Cc2c(c(N3c4ccccc4S(=O)(=O)c4ccccc43)cc(N3c4ccccc4S(=O)(=O)c4ccccc43)c2N2c3ccccc3S(=O)(=O)c3ccccc32)C1=O. The van der Waals surface area contributed by atoms with Crippen molar-refractivity contribution < 1.29 is 30.0 Å². The molecule has 0 N–H and O–H groups in total. The average Bonchev–Trinajstić information content (AvgIpc) is 3.55. The zero-order valence-corrected chi connectivity index (χ0v) is 33.5. The number of benzene rings is 7. The Morgan fingerprint density at radius 1 is 0.390 bits per heavy atom. The third-order valence-electron chi connectivity index (χ3n) is 11.4. The van der Waals surface area contributed by atoms with Crippen LogP contribution in [0.25, 0.3) is 0 Å². The standard InChI is InChI=1S/C45H30N4O7S3/c1-46-27-28-43(45(46)50)35(47-29-14-2-8-20-37(29)57(51,52)38-21-9-3-15-30(38)47)26-36(48-31-16-4-10-22-39(31)58(53,54)40-23-11-5-17-32(40)48)44(28)49-33-18-6-12-24-41(33)59(55,56)42-25-13-7-19-34(42)49/h2-26H,27H2,1H3. The van der Waals surface area contributed by atoms with Crippen molar-refractivity contribution in [2.75, 3.05) is 21.7 Å². The van der Waals surface area contributed by atoms with E-state index in [1.165, 1.54) is 0 Å². The lowest BCUT2D eigenvalue weighted by atomic mass is 9.97. The summed E-state index contributed by atoms with van der Waals surface area (Å²) in [6, 6.07) is 41.8. The van der Waals surface area contributed by atoms with Gasteiger partial charge in [-0.2, -0.15) is 0 Å². The number of hydrogen-bond acceptors (Lipinski definition) is 10. The molecule has 0 radical (unpaired) electrons. The van der Waals surface area contributed by atoms with Gasteiger partial charge in [-0.25, -0.2) is 25.3 Å². The van der Waals surface area contributed by atoms with Gasteiger partial charge in [-0.3, -0.25) is 4.79 Å². The molecule has 1 amide bonds. The summed E-state index contributed by atoms with van der Waals surface area (Å²) in [5.74, 6) is -0.334. The van der Waals surface area contributed by atoms with Crippen LogP contribution in [0, 0.1) is 0 Å². The number of carbonyl (C=O) groups excluding carboxylic acids is 1. The molecule has 290 valence electrons. The molecular weight excluding hydrogens is 805 g/mol. The summed E-state index contributed by atoms with van der Waals surface area (Å²) >= 11 is 0. The van der Waals surface area contributed by atoms with Crippen LogP contribution < -0.4 is 14.7 Å². The zero-order valence-electron chi connectivity index (χ0n) is 31.0. The first kappa shape index (κ1) is 35.4. The summed E-state index contributed by atoms with van der Waals surface area (Å²) in [6.45, 7) is 0.0861. The van der Waals surface area contributed by atoms with Gasteiger partial charge in [0.25, 0.3) is 5.91 Å². The minimum atomic E-state index is -4.02. The quantitative estimate of drug-likeness (QED) is 0.170. The molecule has 4 aliphatic rings. The van der Waals surface area contributed by atoms with E-state index in [-0.39, 0.29) is 47.4 Å². The molecule has 0 atom stereocenters. The monoisotopic (exact) mass is 834 g/mol. The van der Waals surface area contributed by atoms with Gasteiger partial charge in [0, 0.05) is 19.2 Å². The molecule has 7 aromatic carbocycles. The van der Waals surface area contributed by atoms with Gasteiger partial charge in [-0.1, -0.05) is 72.8 Å². The van der Waals surface area contributed by atoms with Crippen LogP contribution in [-0.4, -0.2) is 43.1 Å². The highest BCUT2D eigenvalue weighted by Crippen LogP contribution is 2.60. The van der Waals surface area contributed by atoms with E-state index in [2.05, 4.69) is 0 Å². The molecular formula is C45H30N4O7S3. The Balaban J connectivity index is 1.34. The molecule has 0 saturated carbocycles. The zero-order chi connectivity index (χ0) is 40.6. The predicted molar refractivity (Wildman–Crippen MR) is 223 cm³/mol. The van der Waals surface area contributed by atoms with Crippen molar-refractivity contribution >= 4 is 86.6 Å². The van der Waals surface area contributed by atoms with E-state index in [0.717, 1.165) is 0 Å². The summed E-state index contributed by atoms with van der Waals surface area (Å²) in [6.07, 6.45) is 0. The van der Waals surface area contributed by atoms with E-state index in [0.29, 0.717) is 56.7 Å². The topological polar surface area (TPSA) is 132 Å². The predicted octanol–water partition coefficient (Wildman–Crippen LogP) is 9.12. The Kier molecular flexibility index (Phi) is 7.29. The second kappa shape index (κ2) is 12.1. The molecule has 0 bridgehead atoms. The molecule has 4 aliphatic heterocycles. The maximum atomic E-state index is 14.8. The lowest BCUT2D eigenvalue weighted by molar-refractivity contribution is 0.0817. The Bertz CT molecular complexity index is 3230. The first-order valence-electron chi connectivity index (χ1n) is 18.6. The second-order valence-corrected chi connectivity index (χ2v) is 20.3. The molecule has 11 rings (SSSR count). The molecule has 0 saturated heterocycles. The maximum Gasteiger partial charge on any atom is 0.256 e. The summed E-state index contributed by atoms with van der Waals surface area (Å²) < 4.78 is 85.8. The molecule has 7 aromatic rings. The van der Waals surface area contributed by atoms with Gasteiger partial charge >= 0.3 is 0 Å². The van der Waals surface area contributed by atoms with Crippen molar-refractivity contribution in [2.45, 2.75) is 35.9 Å². The number of rotatable bonds is 3. The molecule has 0 aromatic heterocycles. The minimum absolute atomic E-state index is 0.0562. The number of nitrogens with zero attached hydrogens (tertiary/aromatic N) is 4. The van der Waals surface area contributed by atoms with Crippen LogP contribution in [0.2, 0.25) is 0 Å². The fraction of sp³-hybridized carbons (Fsp3) is 0.0444. The van der Waals surface area contributed by atoms with Crippen molar-refractivity contribution in [2.24, 2.45) is 0 Å². The highest BCUT2D eigenvalue weighted by Gasteiger charge is 2.45. The van der Waals surface area contributed by atoms with Crippen LogP contribution in [0.5, 0.6) is 0 Å². The fourth-order valence-corrected chi connectivity index (χ4v) is 13.8. The van der Waals surface area contributed by atoms with Crippen LogP contribution in [0.1, 0.15) is 15.9 Å². The average molecular weight is 835 g/mol. The van der Waals surface area contributed by atoms with Crippen molar-refractivity contribution in [1.29, 1.82) is 0 Å². The second-order valence-electron chi connectivity index (χ2n) is 14.6. The molecule has 0 fully saturated rings. The van der Waals surface area contributed by atoms with Gasteiger partial charge < -0.3 is 19.6 Å². The first-order valence-corrected chi connectivity index (χ1v) is 23.0. The number of sulfone groups is 3. The lowest BCUT2D eigenvalue weighted by Gasteiger charge is -2.41. The van der Waals surface area contributed by atoms with E-state index in [1.54, 1.807) is 169 Å². The van der Waals surface area contributed by atoms with Crippen molar-refractivity contribution in [1.82, 2.24) is 4.90 Å². The first-order chi connectivity index (χ1) is 28.4. The van der Waals surface area contributed by atoms with Crippen LogP contribution in [0.4, 0.5) is 51.2 Å². The normalized spacial score (nSPS) is 17.2. The highest BCUT2D eigenvalue weighted by molar-refractivity contribution is 7.92. The minimum Gasteiger partial charge on any atom is -0.337 e. The Morgan fingerprint density at radius 2 is 0.678 bits per heavy atom. The Morgan fingerprint density at radius 3 is 1.02 bits per heavy atom. The largest absolute Gasteiger partial charge is 0.337 e. The van der Waals surface area contributed by atoms with Gasteiger partial charge in [-0.15, -0.1) is 0 Å². The number of fused-ring (bicyclic) bond motifs is 7. The number of amides is 1. The number of carbonyl (C=O) groups is 1. The van der Waals surface area contributed by atoms with E-state index in [1.807, 2.05) is 9.80 Å². The van der Waals surface area contributed by atoms with E-state index >= 15 is 0 Å². The molecule has 14 heteroatoms. The van der Waals surface area contributed by atoms with Crippen LogP contribution >= 0.6 is 0 Å². The van der Waals surface area contributed by atoms with E-state index in [4.69, 9.17) is 0 Å². The van der Waals surface area contributed by atoms with Crippen LogP contribution in [-0.2, 0) is 36.1 Å². The van der Waals surface area contributed by atoms with E-state index < -0.39 is 29.5 Å². The van der Waals surface area contributed by atoms with E-state index in [9.17, 15) is 30.0 Å². The third-order valence-corrected chi connectivity index (χ3v) is 16.9. The van der Waals surface area contributed by atoms with Crippen molar-refractivity contribution in [3.8, 4) is 0 Å². The third kappa shape index (κ3) is 4.67. The Hall–Kier alpha value is -6.74. The Labute approximate surface area is 340 Å². The van der Waals surface area contributed by atoms with Crippen molar-refractivity contribution in [3.63, 3.8) is 0 Å². The van der Waals surface area contributed by atoms with Crippen LogP contribution in [0.3, 0.4) is 0 Å². The van der Waals surface area contributed by atoms with Gasteiger partial charge in [0.15, 0.2) is 0 Å². The molecule has 0 unspecified atom stereocenters. The lowest BCUT2D eigenvalue weighted by Crippen LogP contribution is -2.28. The van der Waals surface area contributed by atoms with Gasteiger partial charge in [0.1, 0.15) is 0 Å². The number of para-hydroxylation sites is 6. The molecule has 59 heavy (non-hydrogen) atoms. The highest BCUT2D eigenvalue weighted by atomic mass is 32.2. The molecule has 0 spiro atoms. The summed E-state index contributed by atoms with van der Waals surface area (Å²) in [4.78, 5) is 22.2. The maximum absolute atomic E-state index is 14.8. The number of anilines is 9. The fourth-order valence-electron chi connectivity index (χ4n) is 8.91. The van der Waals surface area contributed by atoms with Gasteiger partial charge in [0.05, 0.1) is 86.1 Å². The molecule has 11 nitrogen and oxygen atoms in total. The summed E-state index contributed by atoms with van der Waals surface area (Å²) in [5, 5.41) is 0. The number of hydrogen-bond donors (Lipinski definition) is 0.